The van der Waals surface area contributed by atoms with E-state index in [0.29, 0.717) is 5.69 Å². The van der Waals surface area contributed by atoms with Crippen LogP contribution >= 0.6 is 11.6 Å². The van der Waals surface area contributed by atoms with Crippen molar-refractivity contribution in [1.29, 1.82) is 0 Å². The molecule has 0 radical (unpaired) electrons. The molecular weight excluding hydrogens is 268 g/mol. The van der Waals surface area contributed by atoms with Gasteiger partial charge in [0, 0.05) is 12.2 Å². The van der Waals surface area contributed by atoms with Crippen LogP contribution in [-0.2, 0) is 4.79 Å². The maximum absolute atomic E-state index is 12.0. The summed E-state index contributed by atoms with van der Waals surface area (Å²) in [6.07, 6.45) is 0. The van der Waals surface area contributed by atoms with Crippen molar-refractivity contribution in [2.45, 2.75) is 13.8 Å². The van der Waals surface area contributed by atoms with Gasteiger partial charge in [-0.25, -0.2) is 4.79 Å². The number of carboxylic acid groups (broad SMARTS) is 1. The summed E-state index contributed by atoms with van der Waals surface area (Å²) in [5.74, 6) is -1.47. The third-order valence-corrected chi connectivity index (χ3v) is 3.18. The molecule has 104 valence electrons. The van der Waals surface area contributed by atoms with E-state index in [2.05, 4.69) is 5.32 Å². The quantitative estimate of drug-likeness (QED) is 0.773. The van der Waals surface area contributed by atoms with Gasteiger partial charge in [-0.1, -0.05) is 25.4 Å². The second-order valence-corrected chi connectivity index (χ2v) is 4.98. The minimum atomic E-state index is -1.11. The Morgan fingerprint density at radius 1 is 1.42 bits per heavy atom. The lowest BCUT2D eigenvalue weighted by atomic mass is 9.95. The third-order valence-electron chi connectivity index (χ3n) is 2.86. The number of benzene rings is 1. The highest BCUT2D eigenvalue weighted by atomic mass is 35.5. The molecule has 1 amide bonds. The van der Waals surface area contributed by atoms with Gasteiger partial charge in [0.15, 0.2) is 0 Å². The van der Waals surface area contributed by atoms with Gasteiger partial charge in [-0.15, -0.1) is 0 Å². The van der Waals surface area contributed by atoms with Gasteiger partial charge in [0.2, 0.25) is 5.91 Å². The van der Waals surface area contributed by atoms with Crippen LogP contribution in [0.3, 0.4) is 0 Å². The molecule has 0 bridgehead atoms. The van der Waals surface area contributed by atoms with E-state index in [4.69, 9.17) is 22.4 Å². The zero-order chi connectivity index (χ0) is 14.6. The fourth-order valence-electron chi connectivity index (χ4n) is 1.68. The fraction of sp³-hybridized carbons (Fsp3) is 0.385. The predicted molar refractivity (Wildman–Crippen MR) is 74.4 cm³/mol. The van der Waals surface area contributed by atoms with Crippen LogP contribution in [0.2, 0.25) is 5.02 Å². The molecule has 6 heteroatoms. The Bertz CT molecular complexity index is 489. The highest BCUT2D eigenvalue weighted by Gasteiger charge is 2.20. The molecule has 1 unspecified atom stereocenters. The Balaban J connectivity index is 2.86. The monoisotopic (exact) mass is 284 g/mol. The van der Waals surface area contributed by atoms with Crippen molar-refractivity contribution in [2.75, 3.05) is 11.9 Å². The van der Waals surface area contributed by atoms with Crippen LogP contribution in [-0.4, -0.2) is 23.5 Å². The van der Waals surface area contributed by atoms with Crippen LogP contribution in [0.25, 0.3) is 0 Å². The zero-order valence-corrected chi connectivity index (χ0v) is 11.6. The summed E-state index contributed by atoms with van der Waals surface area (Å²) in [4.78, 5) is 22.8. The van der Waals surface area contributed by atoms with Gasteiger partial charge in [-0.2, -0.15) is 0 Å². The topological polar surface area (TPSA) is 92.4 Å². The van der Waals surface area contributed by atoms with Gasteiger partial charge in [0.05, 0.1) is 16.5 Å². The van der Waals surface area contributed by atoms with Crippen LogP contribution in [0.1, 0.15) is 24.2 Å². The van der Waals surface area contributed by atoms with Crippen LogP contribution < -0.4 is 11.1 Å². The highest BCUT2D eigenvalue weighted by Crippen LogP contribution is 2.22. The predicted octanol–water partition coefficient (Wildman–Crippen LogP) is 2.21. The number of aromatic carboxylic acids is 1. The van der Waals surface area contributed by atoms with E-state index in [9.17, 15) is 9.59 Å². The number of carbonyl (C=O) groups is 2. The molecule has 0 spiro atoms. The number of nitrogens with two attached hydrogens (primary N) is 1. The molecule has 1 aromatic carbocycles. The van der Waals surface area contributed by atoms with Crippen molar-refractivity contribution in [3.63, 3.8) is 0 Å². The normalized spacial score (nSPS) is 12.3. The van der Waals surface area contributed by atoms with E-state index in [1.807, 2.05) is 13.8 Å². The number of amides is 1. The van der Waals surface area contributed by atoms with E-state index in [1.165, 1.54) is 18.2 Å². The Labute approximate surface area is 116 Å². The first-order valence-corrected chi connectivity index (χ1v) is 6.28. The van der Waals surface area contributed by atoms with Gasteiger partial charge >= 0.3 is 5.97 Å². The summed E-state index contributed by atoms with van der Waals surface area (Å²) >= 11 is 5.83. The van der Waals surface area contributed by atoms with Crippen molar-refractivity contribution >= 4 is 29.2 Å². The van der Waals surface area contributed by atoms with Gasteiger partial charge in [-0.3, -0.25) is 4.79 Å². The van der Waals surface area contributed by atoms with Crippen molar-refractivity contribution < 1.29 is 14.7 Å². The molecule has 4 N–H and O–H groups in total. The van der Waals surface area contributed by atoms with Crippen LogP contribution in [0, 0.1) is 11.8 Å². The molecule has 5 nitrogen and oxygen atoms in total. The van der Waals surface area contributed by atoms with E-state index in [-0.39, 0.29) is 34.9 Å². The summed E-state index contributed by atoms with van der Waals surface area (Å²) in [6.45, 7) is 4.08. The largest absolute Gasteiger partial charge is 0.478 e. The number of rotatable bonds is 5. The van der Waals surface area contributed by atoms with Gasteiger partial charge in [-0.05, 0) is 24.1 Å². The first-order chi connectivity index (χ1) is 8.86. The Morgan fingerprint density at radius 2 is 2.05 bits per heavy atom. The smallest absolute Gasteiger partial charge is 0.337 e. The van der Waals surface area contributed by atoms with Crippen molar-refractivity contribution in [1.82, 2.24) is 0 Å². The zero-order valence-electron chi connectivity index (χ0n) is 10.8. The number of hydrogen-bond donors (Lipinski definition) is 3. The molecule has 0 fully saturated rings. The Morgan fingerprint density at radius 3 is 2.47 bits per heavy atom. The lowest BCUT2D eigenvalue weighted by Gasteiger charge is -2.18. The lowest BCUT2D eigenvalue weighted by Crippen LogP contribution is -2.33. The second-order valence-electron chi connectivity index (χ2n) is 4.58. The average molecular weight is 285 g/mol. The van der Waals surface area contributed by atoms with Crippen LogP contribution in [0.15, 0.2) is 18.2 Å². The number of halogens is 1. The second kappa shape index (κ2) is 6.54. The minimum Gasteiger partial charge on any atom is -0.478 e. The molecule has 0 aromatic heterocycles. The molecule has 1 rings (SSSR count). The molecule has 1 atom stereocenters. The maximum atomic E-state index is 12.0. The van der Waals surface area contributed by atoms with E-state index in [0.717, 1.165) is 0 Å². The number of anilines is 1. The highest BCUT2D eigenvalue weighted by molar-refractivity contribution is 6.33. The molecule has 0 aliphatic carbocycles. The third kappa shape index (κ3) is 3.94. The van der Waals surface area contributed by atoms with Crippen LogP contribution in [0.4, 0.5) is 5.69 Å². The first-order valence-electron chi connectivity index (χ1n) is 5.90. The van der Waals surface area contributed by atoms with Crippen molar-refractivity contribution in [3.8, 4) is 0 Å². The fourth-order valence-corrected chi connectivity index (χ4v) is 1.94. The molecule has 0 saturated heterocycles. The molecule has 0 heterocycles. The van der Waals surface area contributed by atoms with E-state index in [1.54, 1.807) is 0 Å². The molecule has 1 aromatic rings. The Kier molecular flexibility index (Phi) is 5.32. The first kappa shape index (κ1) is 15.5. The number of carbonyl (C=O) groups excluding carboxylic acids is 1. The van der Waals surface area contributed by atoms with Crippen LogP contribution in [0.5, 0.6) is 0 Å². The maximum Gasteiger partial charge on any atom is 0.337 e. The van der Waals surface area contributed by atoms with E-state index < -0.39 is 5.97 Å². The van der Waals surface area contributed by atoms with E-state index >= 15 is 0 Å². The van der Waals surface area contributed by atoms with Gasteiger partial charge in [0.25, 0.3) is 0 Å². The summed E-state index contributed by atoms with van der Waals surface area (Å²) in [5.41, 5.74) is 6.01. The molecule has 0 aliphatic heterocycles. The minimum absolute atomic E-state index is 0.00102. The summed E-state index contributed by atoms with van der Waals surface area (Å²) in [7, 11) is 0. The Hall–Kier alpha value is -1.59. The number of hydrogen-bond acceptors (Lipinski definition) is 3. The van der Waals surface area contributed by atoms with Gasteiger partial charge < -0.3 is 16.2 Å². The molecule has 0 saturated carbocycles. The lowest BCUT2D eigenvalue weighted by molar-refractivity contribution is -0.120. The van der Waals surface area contributed by atoms with Crippen molar-refractivity contribution in [3.05, 3.63) is 28.8 Å². The SMILES string of the molecule is CC(C)C(CN)C(=O)Nc1ccc(C(=O)O)c(Cl)c1. The summed E-state index contributed by atoms with van der Waals surface area (Å²) in [5, 5.41) is 11.6. The van der Waals surface area contributed by atoms with Crippen molar-refractivity contribution in [2.24, 2.45) is 17.6 Å². The molecule has 19 heavy (non-hydrogen) atoms. The van der Waals surface area contributed by atoms with Gasteiger partial charge in [0.1, 0.15) is 0 Å². The number of carboxylic acids is 1. The summed E-state index contributed by atoms with van der Waals surface area (Å²) < 4.78 is 0. The summed E-state index contributed by atoms with van der Waals surface area (Å²) in [6, 6.07) is 4.27. The standard InChI is InChI=1S/C13H17ClN2O3/c1-7(2)10(6-15)12(17)16-8-3-4-9(13(18)19)11(14)5-8/h3-5,7,10H,6,15H2,1-2H3,(H,16,17)(H,18,19). The molecule has 0 aliphatic rings. The molecular formula is C13H17ClN2O3. The average Bonchev–Trinajstić information content (AvgIpc) is 2.28. The number of nitrogens with one attached hydrogen (secondary N) is 1.